The molecule has 0 fully saturated rings. The summed E-state index contributed by atoms with van der Waals surface area (Å²) in [6.07, 6.45) is 1.02. The predicted molar refractivity (Wildman–Crippen MR) is 79.7 cm³/mol. The van der Waals surface area contributed by atoms with Crippen LogP contribution in [0.1, 0.15) is 27.9 Å². The van der Waals surface area contributed by atoms with Crippen LogP contribution in [0.4, 0.5) is 5.69 Å². The summed E-state index contributed by atoms with van der Waals surface area (Å²) in [6, 6.07) is 15.6. The average Bonchev–Trinajstić information content (AvgIpc) is 2.64. The van der Waals surface area contributed by atoms with Crippen molar-refractivity contribution >= 4 is 17.3 Å². The van der Waals surface area contributed by atoms with Crippen LogP contribution in [0.15, 0.2) is 53.5 Å². The molecule has 2 aromatic carbocycles. The molecule has 0 unspecified atom stereocenters. The van der Waals surface area contributed by atoms with Gasteiger partial charge in [-0.1, -0.05) is 36.4 Å². The van der Waals surface area contributed by atoms with Crippen LogP contribution in [0, 0.1) is 0 Å². The average molecular weight is 262 g/mol. The van der Waals surface area contributed by atoms with Crippen molar-refractivity contribution in [2.75, 3.05) is 18.0 Å². The Morgan fingerprint density at radius 2 is 1.60 bits per heavy atom. The van der Waals surface area contributed by atoms with Gasteiger partial charge in [-0.2, -0.15) is 0 Å². The maximum atomic E-state index is 12.8. The molecule has 98 valence electrons. The summed E-state index contributed by atoms with van der Waals surface area (Å²) < 4.78 is 0. The van der Waals surface area contributed by atoms with Gasteiger partial charge in [-0.15, -0.1) is 0 Å². The van der Waals surface area contributed by atoms with Gasteiger partial charge in [-0.05, 0) is 18.6 Å². The molecule has 0 saturated carbocycles. The lowest BCUT2D eigenvalue weighted by Crippen LogP contribution is -2.36. The van der Waals surface area contributed by atoms with Gasteiger partial charge in [-0.25, -0.2) is 0 Å². The molecule has 0 N–H and O–H groups in total. The first-order chi connectivity index (χ1) is 9.86. The van der Waals surface area contributed by atoms with Crippen LogP contribution >= 0.6 is 0 Å². The van der Waals surface area contributed by atoms with E-state index in [1.807, 2.05) is 48.5 Å². The lowest BCUT2D eigenvalue weighted by molar-refractivity contribution is 0.103. The quantitative estimate of drug-likeness (QED) is 0.731. The summed E-state index contributed by atoms with van der Waals surface area (Å²) in [6.45, 7) is 1.74. The molecule has 2 heterocycles. The highest BCUT2D eigenvalue weighted by molar-refractivity contribution is 6.25. The Morgan fingerprint density at radius 1 is 0.900 bits per heavy atom. The minimum Gasteiger partial charge on any atom is -0.325 e. The molecule has 4 rings (SSSR count). The lowest BCUT2D eigenvalue weighted by atomic mass is 9.99. The number of aliphatic imine (C=N–C) groups is 1. The molecule has 2 aromatic rings. The van der Waals surface area contributed by atoms with E-state index in [9.17, 15) is 4.79 Å². The molecule has 0 atom stereocenters. The van der Waals surface area contributed by atoms with Crippen molar-refractivity contribution in [2.24, 2.45) is 4.99 Å². The van der Waals surface area contributed by atoms with Gasteiger partial charge in [0.15, 0.2) is 5.78 Å². The molecule has 2 aliphatic heterocycles. The second kappa shape index (κ2) is 4.30. The van der Waals surface area contributed by atoms with Crippen LogP contribution < -0.4 is 4.90 Å². The number of ketones is 1. The number of hydrogen-bond donors (Lipinski definition) is 0. The van der Waals surface area contributed by atoms with E-state index in [4.69, 9.17) is 0 Å². The maximum absolute atomic E-state index is 12.8. The summed E-state index contributed by atoms with van der Waals surface area (Å²) in [5, 5.41) is 0. The molecule has 3 heteroatoms. The van der Waals surface area contributed by atoms with Crippen LogP contribution in [0.3, 0.4) is 0 Å². The standard InChI is InChI=1S/C17H14N2O/c20-16-12-6-1-2-7-13(12)17-18-10-5-11-19(17)15-9-4-3-8-14(15)16/h1-4,6-9H,5,10-11H2. The third kappa shape index (κ3) is 1.53. The number of hydrogen-bond acceptors (Lipinski definition) is 3. The summed E-state index contributed by atoms with van der Waals surface area (Å²) >= 11 is 0. The molecule has 2 aliphatic rings. The molecule has 0 aromatic heterocycles. The summed E-state index contributed by atoms with van der Waals surface area (Å²) in [5.41, 5.74) is 3.45. The highest BCUT2D eigenvalue weighted by Gasteiger charge is 2.30. The van der Waals surface area contributed by atoms with Gasteiger partial charge in [0.2, 0.25) is 0 Å². The fraction of sp³-hybridized carbons (Fsp3) is 0.176. The van der Waals surface area contributed by atoms with E-state index >= 15 is 0 Å². The highest BCUT2D eigenvalue weighted by Crippen LogP contribution is 2.32. The van der Waals surface area contributed by atoms with Gasteiger partial charge >= 0.3 is 0 Å². The molecule has 3 nitrogen and oxygen atoms in total. The van der Waals surface area contributed by atoms with Gasteiger partial charge in [0.1, 0.15) is 5.84 Å². The Labute approximate surface area is 117 Å². The van der Waals surface area contributed by atoms with Crippen LogP contribution in [0.2, 0.25) is 0 Å². The summed E-state index contributed by atoms with van der Waals surface area (Å²) in [4.78, 5) is 19.6. The van der Waals surface area contributed by atoms with Crippen molar-refractivity contribution in [3.63, 3.8) is 0 Å². The third-order valence-electron chi connectivity index (χ3n) is 3.91. The molecular weight excluding hydrogens is 248 g/mol. The molecule has 0 radical (unpaired) electrons. The Morgan fingerprint density at radius 3 is 2.45 bits per heavy atom. The van der Waals surface area contributed by atoms with E-state index in [1.165, 1.54) is 0 Å². The number of fused-ring (bicyclic) bond motifs is 5. The largest absolute Gasteiger partial charge is 0.325 e. The number of benzene rings is 2. The first kappa shape index (κ1) is 11.4. The zero-order valence-corrected chi connectivity index (χ0v) is 11.0. The summed E-state index contributed by atoms with van der Waals surface area (Å²) in [5.74, 6) is 1.03. The minimum atomic E-state index is 0.0910. The zero-order chi connectivity index (χ0) is 13.5. The van der Waals surface area contributed by atoms with E-state index in [-0.39, 0.29) is 5.78 Å². The maximum Gasteiger partial charge on any atom is 0.195 e. The van der Waals surface area contributed by atoms with Gasteiger partial charge < -0.3 is 4.90 Å². The van der Waals surface area contributed by atoms with E-state index in [0.29, 0.717) is 0 Å². The third-order valence-corrected chi connectivity index (χ3v) is 3.91. The van der Waals surface area contributed by atoms with Gasteiger partial charge in [0.25, 0.3) is 0 Å². The van der Waals surface area contributed by atoms with E-state index in [1.54, 1.807) is 0 Å². The Balaban J connectivity index is 2.07. The van der Waals surface area contributed by atoms with Crippen LogP contribution in [0.5, 0.6) is 0 Å². The molecule has 0 amide bonds. The second-order valence-corrected chi connectivity index (χ2v) is 5.10. The minimum absolute atomic E-state index is 0.0910. The number of amidine groups is 1. The SMILES string of the molecule is O=C1c2ccccc2C2=NCCCN2c2ccccc21. The second-order valence-electron chi connectivity index (χ2n) is 5.10. The molecule has 0 spiro atoms. The normalized spacial score (nSPS) is 16.7. The van der Waals surface area contributed by atoms with Crippen LogP contribution in [0.25, 0.3) is 0 Å². The van der Waals surface area contributed by atoms with Crippen molar-refractivity contribution in [3.05, 3.63) is 65.2 Å². The van der Waals surface area contributed by atoms with Crippen molar-refractivity contribution in [1.29, 1.82) is 0 Å². The number of carbonyl (C=O) groups is 1. The van der Waals surface area contributed by atoms with E-state index < -0.39 is 0 Å². The number of para-hydroxylation sites is 1. The smallest absolute Gasteiger partial charge is 0.195 e. The van der Waals surface area contributed by atoms with Crippen molar-refractivity contribution in [3.8, 4) is 0 Å². The predicted octanol–water partition coefficient (Wildman–Crippen LogP) is 2.89. The topological polar surface area (TPSA) is 32.7 Å². The van der Waals surface area contributed by atoms with Crippen LogP contribution in [-0.4, -0.2) is 24.7 Å². The molecular formula is C17H14N2O. The summed E-state index contributed by atoms with van der Waals surface area (Å²) in [7, 11) is 0. The van der Waals surface area contributed by atoms with Gasteiger partial charge in [-0.3, -0.25) is 9.79 Å². The Hall–Kier alpha value is -2.42. The highest BCUT2D eigenvalue weighted by atomic mass is 16.1. The first-order valence-electron chi connectivity index (χ1n) is 6.91. The van der Waals surface area contributed by atoms with Crippen LogP contribution in [-0.2, 0) is 0 Å². The number of nitrogens with zero attached hydrogens (tertiary/aromatic N) is 2. The number of rotatable bonds is 0. The number of anilines is 1. The lowest BCUT2D eigenvalue weighted by Gasteiger charge is -2.29. The molecule has 20 heavy (non-hydrogen) atoms. The Bertz CT molecular complexity index is 733. The number of carbonyl (C=O) groups excluding carboxylic acids is 1. The van der Waals surface area contributed by atoms with Crippen molar-refractivity contribution < 1.29 is 4.79 Å². The van der Waals surface area contributed by atoms with E-state index in [0.717, 1.165) is 47.7 Å². The molecule has 0 bridgehead atoms. The Kier molecular flexibility index (Phi) is 2.46. The van der Waals surface area contributed by atoms with Crippen molar-refractivity contribution in [1.82, 2.24) is 0 Å². The zero-order valence-electron chi connectivity index (χ0n) is 11.0. The fourth-order valence-corrected chi connectivity index (χ4v) is 2.99. The van der Waals surface area contributed by atoms with E-state index in [2.05, 4.69) is 9.89 Å². The van der Waals surface area contributed by atoms with Gasteiger partial charge in [0.05, 0.1) is 5.69 Å². The molecule has 0 aliphatic carbocycles. The first-order valence-corrected chi connectivity index (χ1v) is 6.91. The van der Waals surface area contributed by atoms with Crippen molar-refractivity contribution in [2.45, 2.75) is 6.42 Å². The molecule has 0 saturated heterocycles. The fourth-order valence-electron chi connectivity index (χ4n) is 2.99. The van der Waals surface area contributed by atoms with Gasteiger partial charge in [0, 0.05) is 29.8 Å². The monoisotopic (exact) mass is 262 g/mol.